The molecule has 1 heterocycles. The highest BCUT2D eigenvalue weighted by Crippen LogP contribution is 2.28. The quantitative estimate of drug-likeness (QED) is 0.293. The number of rotatable bonds is 9. The highest BCUT2D eigenvalue weighted by molar-refractivity contribution is 7.99. The fourth-order valence-corrected chi connectivity index (χ4v) is 5.02. The minimum absolute atomic E-state index is 0.213. The smallest absolute Gasteiger partial charge is 0.406 e. The van der Waals surface area contributed by atoms with Crippen molar-refractivity contribution in [1.29, 1.82) is 0 Å². The molecule has 1 aromatic heterocycles. The van der Waals surface area contributed by atoms with Crippen LogP contribution in [0, 0.1) is 6.92 Å². The first-order valence-corrected chi connectivity index (χ1v) is 12.3. The standard InChI is InChI=1S/C22H21F6N3O2S2/c1-14-4-2-3-5-15(14)13-29-8-10-34-11-9-31-17-7-6-16(33-22(26,27)28)12-18(17)35-20(31)30-19(32)21(23,24)25/h2-7,12,29H,8-11,13H2,1H3. The van der Waals surface area contributed by atoms with Crippen LogP contribution in [-0.2, 0) is 17.9 Å². The van der Waals surface area contributed by atoms with Crippen molar-refractivity contribution >= 4 is 39.2 Å². The molecule has 3 aromatic rings. The van der Waals surface area contributed by atoms with Crippen LogP contribution in [0.15, 0.2) is 47.5 Å². The van der Waals surface area contributed by atoms with E-state index in [0.29, 0.717) is 35.7 Å². The first-order valence-electron chi connectivity index (χ1n) is 10.3. The lowest BCUT2D eigenvalue weighted by Gasteiger charge is -2.10. The van der Waals surface area contributed by atoms with Gasteiger partial charge in [-0.3, -0.25) is 4.79 Å². The monoisotopic (exact) mass is 537 g/mol. The van der Waals surface area contributed by atoms with E-state index in [1.165, 1.54) is 21.8 Å². The third-order valence-corrected chi connectivity index (χ3v) is 6.79. The lowest BCUT2D eigenvalue weighted by Crippen LogP contribution is -2.26. The van der Waals surface area contributed by atoms with Crippen LogP contribution < -0.4 is 14.9 Å². The van der Waals surface area contributed by atoms with E-state index < -0.39 is 24.2 Å². The van der Waals surface area contributed by atoms with E-state index in [1.807, 2.05) is 31.2 Å². The molecule has 0 saturated carbocycles. The van der Waals surface area contributed by atoms with Crippen molar-refractivity contribution in [2.24, 2.45) is 4.99 Å². The zero-order chi connectivity index (χ0) is 25.6. The Morgan fingerprint density at radius 1 is 1.11 bits per heavy atom. The number of aryl methyl sites for hydroxylation is 2. The van der Waals surface area contributed by atoms with Crippen LogP contribution in [0.3, 0.4) is 0 Å². The summed E-state index contributed by atoms with van der Waals surface area (Å²) < 4.78 is 81.3. The maximum absolute atomic E-state index is 12.7. The number of nitrogens with one attached hydrogen (secondary N) is 1. The lowest BCUT2D eigenvalue weighted by atomic mass is 10.1. The van der Waals surface area contributed by atoms with Crippen molar-refractivity contribution in [1.82, 2.24) is 9.88 Å². The van der Waals surface area contributed by atoms with E-state index in [9.17, 15) is 31.1 Å². The van der Waals surface area contributed by atoms with Crippen LogP contribution in [0.2, 0.25) is 0 Å². The normalized spacial score (nSPS) is 12.9. The molecule has 3 rings (SSSR count). The van der Waals surface area contributed by atoms with Crippen molar-refractivity contribution in [2.75, 3.05) is 18.1 Å². The molecular weight excluding hydrogens is 516 g/mol. The molecule has 1 amide bonds. The SMILES string of the molecule is Cc1ccccc1CNCCSCCn1c(=NC(=O)C(F)(F)F)sc2cc(OC(F)(F)F)ccc21. The van der Waals surface area contributed by atoms with E-state index >= 15 is 0 Å². The molecule has 190 valence electrons. The van der Waals surface area contributed by atoms with Gasteiger partial charge >= 0.3 is 18.4 Å². The second kappa shape index (κ2) is 11.5. The molecule has 0 bridgehead atoms. The van der Waals surface area contributed by atoms with E-state index in [0.717, 1.165) is 17.9 Å². The van der Waals surface area contributed by atoms with Gasteiger partial charge in [0.15, 0.2) is 4.80 Å². The van der Waals surface area contributed by atoms with Crippen molar-refractivity contribution in [3.05, 3.63) is 58.4 Å². The molecule has 0 radical (unpaired) electrons. The number of halogens is 6. The van der Waals surface area contributed by atoms with Crippen LogP contribution in [0.4, 0.5) is 26.3 Å². The first-order chi connectivity index (χ1) is 16.4. The summed E-state index contributed by atoms with van der Waals surface area (Å²) in [6, 6.07) is 11.4. The highest BCUT2D eigenvalue weighted by atomic mass is 32.2. The summed E-state index contributed by atoms with van der Waals surface area (Å²) in [6.07, 6.45) is -10.1. The second-order valence-electron chi connectivity index (χ2n) is 7.34. The van der Waals surface area contributed by atoms with Gasteiger partial charge in [0.25, 0.3) is 0 Å². The van der Waals surface area contributed by atoms with Gasteiger partial charge in [-0.1, -0.05) is 35.6 Å². The molecule has 0 fully saturated rings. The van der Waals surface area contributed by atoms with Crippen LogP contribution in [0.1, 0.15) is 11.1 Å². The Hall–Kier alpha value is -2.51. The van der Waals surface area contributed by atoms with Gasteiger partial charge in [-0.25, -0.2) is 0 Å². The van der Waals surface area contributed by atoms with Crippen LogP contribution in [-0.4, -0.2) is 41.1 Å². The third-order valence-electron chi connectivity index (χ3n) is 4.79. The number of alkyl halides is 6. The van der Waals surface area contributed by atoms with Crippen LogP contribution >= 0.6 is 23.1 Å². The van der Waals surface area contributed by atoms with E-state index in [4.69, 9.17) is 0 Å². The van der Waals surface area contributed by atoms with Gasteiger partial charge in [-0.2, -0.15) is 29.9 Å². The fourth-order valence-electron chi connectivity index (χ4n) is 3.14. The summed E-state index contributed by atoms with van der Waals surface area (Å²) >= 11 is 2.23. The van der Waals surface area contributed by atoms with Gasteiger partial charge in [-0.15, -0.1) is 13.2 Å². The minimum Gasteiger partial charge on any atom is -0.406 e. The number of nitrogens with zero attached hydrogens (tertiary/aromatic N) is 2. The average Bonchev–Trinajstić information content (AvgIpc) is 3.08. The highest BCUT2D eigenvalue weighted by Gasteiger charge is 2.38. The molecule has 0 aliphatic heterocycles. The molecule has 0 atom stereocenters. The number of carbonyl (C=O) groups excluding carboxylic acids is 1. The first kappa shape index (κ1) is 27.1. The Bertz CT molecular complexity index is 1230. The van der Waals surface area contributed by atoms with E-state index in [1.54, 1.807) is 11.8 Å². The number of hydrogen-bond donors (Lipinski definition) is 1. The van der Waals surface area contributed by atoms with Gasteiger partial charge in [-0.05, 0) is 36.2 Å². The largest absolute Gasteiger partial charge is 0.573 e. The van der Waals surface area contributed by atoms with Gasteiger partial charge in [0, 0.05) is 31.1 Å². The summed E-state index contributed by atoms with van der Waals surface area (Å²) in [4.78, 5) is 14.4. The zero-order valence-corrected chi connectivity index (χ0v) is 20.0. The minimum atomic E-state index is -5.16. The summed E-state index contributed by atoms with van der Waals surface area (Å²) in [5.41, 5.74) is 2.73. The van der Waals surface area contributed by atoms with Crippen molar-refractivity contribution in [3.63, 3.8) is 0 Å². The van der Waals surface area contributed by atoms with E-state index in [-0.39, 0.29) is 16.0 Å². The van der Waals surface area contributed by atoms with Crippen molar-refractivity contribution in [2.45, 2.75) is 32.6 Å². The Balaban J connectivity index is 1.68. The summed E-state index contributed by atoms with van der Waals surface area (Å²) in [5.74, 6) is -1.57. The van der Waals surface area contributed by atoms with Gasteiger partial charge < -0.3 is 14.6 Å². The van der Waals surface area contributed by atoms with Gasteiger partial charge in [0.1, 0.15) is 5.75 Å². The molecule has 0 aliphatic carbocycles. The number of ether oxygens (including phenoxy) is 1. The summed E-state index contributed by atoms with van der Waals surface area (Å²) in [5, 5.41) is 3.33. The molecule has 2 aromatic carbocycles. The van der Waals surface area contributed by atoms with Crippen LogP contribution in [0.5, 0.6) is 5.75 Å². The van der Waals surface area contributed by atoms with Crippen molar-refractivity contribution < 1.29 is 35.9 Å². The number of thiazole rings is 1. The third kappa shape index (κ3) is 8.00. The fraction of sp³-hybridized carbons (Fsp3) is 0.364. The van der Waals surface area contributed by atoms with Crippen LogP contribution in [0.25, 0.3) is 10.2 Å². The molecule has 35 heavy (non-hydrogen) atoms. The topological polar surface area (TPSA) is 55.6 Å². The number of amides is 1. The average molecular weight is 538 g/mol. The molecule has 13 heteroatoms. The number of benzene rings is 2. The maximum Gasteiger partial charge on any atom is 0.573 e. The Morgan fingerprint density at radius 3 is 2.54 bits per heavy atom. The predicted octanol–water partition coefficient (Wildman–Crippen LogP) is 5.42. The molecule has 1 N–H and O–H groups in total. The van der Waals surface area contributed by atoms with Crippen molar-refractivity contribution in [3.8, 4) is 5.75 Å². The van der Waals surface area contributed by atoms with Gasteiger partial charge in [0.2, 0.25) is 0 Å². The molecule has 0 spiro atoms. The number of carbonyl (C=O) groups is 1. The number of fused-ring (bicyclic) bond motifs is 1. The number of hydrogen-bond acceptors (Lipinski definition) is 5. The Morgan fingerprint density at radius 2 is 1.86 bits per heavy atom. The Kier molecular flexibility index (Phi) is 8.89. The molecular formula is C22H21F6N3O2S2. The molecule has 0 saturated heterocycles. The lowest BCUT2D eigenvalue weighted by molar-refractivity contribution is -0.274. The summed E-state index contributed by atoms with van der Waals surface area (Å²) in [6.45, 7) is 3.66. The second-order valence-corrected chi connectivity index (χ2v) is 9.58. The van der Waals surface area contributed by atoms with Gasteiger partial charge in [0.05, 0.1) is 10.2 Å². The molecule has 0 unspecified atom stereocenters. The number of aromatic nitrogens is 1. The molecule has 5 nitrogen and oxygen atoms in total. The predicted molar refractivity (Wildman–Crippen MR) is 123 cm³/mol. The maximum atomic E-state index is 12.7. The summed E-state index contributed by atoms with van der Waals surface area (Å²) in [7, 11) is 0. The van der Waals surface area contributed by atoms with E-state index in [2.05, 4.69) is 15.0 Å². The zero-order valence-electron chi connectivity index (χ0n) is 18.4. The Labute approximate surface area is 204 Å². The number of thioether (sulfide) groups is 1. The molecule has 0 aliphatic rings.